The molecule has 2 heterocycles. The van der Waals surface area contributed by atoms with Crippen LogP contribution < -0.4 is 10.6 Å². The van der Waals surface area contributed by atoms with E-state index in [0.29, 0.717) is 22.1 Å². The minimum absolute atomic E-state index is 0.0478. The first kappa shape index (κ1) is 19.7. The Hall–Kier alpha value is -2.10. The summed E-state index contributed by atoms with van der Waals surface area (Å²) in [6, 6.07) is 3.91. The number of anilines is 1. The molecular formula is C18H21N3O4S2. The summed E-state index contributed by atoms with van der Waals surface area (Å²) < 4.78 is 4.77. The molecule has 2 amide bonds. The van der Waals surface area contributed by atoms with Gasteiger partial charge in [0.2, 0.25) is 5.91 Å². The topological polar surface area (TPSA) is 97.4 Å². The zero-order valence-corrected chi connectivity index (χ0v) is 16.7. The molecule has 0 bridgehead atoms. The van der Waals surface area contributed by atoms with Gasteiger partial charge in [0.1, 0.15) is 6.61 Å². The number of nitrogens with one attached hydrogen (secondary N) is 2. The smallest absolute Gasteiger partial charge is 0.252 e. The van der Waals surface area contributed by atoms with E-state index in [1.54, 1.807) is 11.3 Å². The summed E-state index contributed by atoms with van der Waals surface area (Å²) in [5.74, 6) is -1.01. The summed E-state index contributed by atoms with van der Waals surface area (Å²) in [5.41, 5.74) is 0.577. The van der Waals surface area contributed by atoms with Crippen LogP contribution in [0.25, 0.3) is 0 Å². The maximum absolute atomic E-state index is 12.7. The number of amides is 2. The molecular weight excluding hydrogens is 386 g/mol. The number of Topliss-reactive ketones (excluding diaryl/α,β-unsaturated/α-hetero) is 1. The first-order valence-electron chi connectivity index (χ1n) is 8.67. The van der Waals surface area contributed by atoms with Crippen LogP contribution in [-0.2, 0) is 20.7 Å². The summed E-state index contributed by atoms with van der Waals surface area (Å²) >= 11 is 2.75. The maximum Gasteiger partial charge on any atom is 0.252 e. The van der Waals surface area contributed by atoms with Gasteiger partial charge in [-0.3, -0.25) is 19.7 Å². The Morgan fingerprint density at radius 1 is 1.41 bits per heavy atom. The van der Waals surface area contributed by atoms with Crippen molar-refractivity contribution in [3.8, 4) is 0 Å². The number of hydrogen-bond donors (Lipinski definition) is 2. The predicted molar refractivity (Wildman–Crippen MR) is 104 cm³/mol. The number of nitrogens with zero attached hydrogens (tertiary/aromatic N) is 1. The number of fused-ring (bicyclic) bond motifs is 1. The highest BCUT2D eigenvalue weighted by molar-refractivity contribution is 7.17. The van der Waals surface area contributed by atoms with Crippen LogP contribution in [-0.4, -0.2) is 36.3 Å². The number of aromatic nitrogens is 1. The second-order valence-corrected chi connectivity index (χ2v) is 8.27. The Morgan fingerprint density at radius 3 is 2.89 bits per heavy atom. The van der Waals surface area contributed by atoms with Crippen LogP contribution in [0.15, 0.2) is 17.5 Å². The SMILES string of the molecule is CCC(NC(=O)C1CC(=O)c2sc(NC(=O)COC)nc2C1)c1cccs1. The van der Waals surface area contributed by atoms with Gasteiger partial charge < -0.3 is 10.1 Å². The van der Waals surface area contributed by atoms with Gasteiger partial charge in [-0.15, -0.1) is 11.3 Å². The van der Waals surface area contributed by atoms with Crippen molar-refractivity contribution >= 4 is 45.4 Å². The number of carbonyl (C=O) groups excluding carboxylic acids is 3. The number of ketones is 1. The van der Waals surface area contributed by atoms with E-state index in [0.717, 1.165) is 22.6 Å². The Labute approximate surface area is 165 Å². The van der Waals surface area contributed by atoms with Crippen molar-refractivity contribution in [3.05, 3.63) is 33.0 Å². The highest BCUT2D eigenvalue weighted by atomic mass is 32.1. The summed E-state index contributed by atoms with van der Waals surface area (Å²) in [5, 5.41) is 8.02. The number of thiophene rings is 1. The average Bonchev–Trinajstić information content (AvgIpc) is 3.29. The van der Waals surface area contributed by atoms with Gasteiger partial charge in [-0.05, 0) is 17.9 Å². The van der Waals surface area contributed by atoms with Crippen molar-refractivity contribution in [2.75, 3.05) is 19.0 Å². The summed E-state index contributed by atoms with van der Waals surface area (Å²) in [7, 11) is 1.43. The van der Waals surface area contributed by atoms with E-state index >= 15 is 0 Å². The second kappa shape index (κ2) is 8.73. The standard InChI is InChI=1S/C18H21N3O4S2/c1-3-11(14-5-4-6-26-14)19-17(24)10-7-12-16(13(22)8-10)27-18(20-12)21-15(23)9-25-2/h4-6,10-11H,3,7-9H2,1-2H3,(H,19,24)(H,20,21,23). The van der Waals surface area contributed by atoms with Gasteiger partial charge in [-0.2, -0.15) is 0 Å². The maximum atomic E-state index is 12.7. The molecule has 1 aliphatic rings. The fraction of sp³-hybridized carbons (Fsp3) is 0.444. The molecule has 144 valence electrons. The molecule has 0 radical (unpaired) electrons. The molecule has 1 aliphatic carbocycles. The highest BCUT2D eigenvalue weighted by Crippen LogP contribution is 2.33. The van der Waals surface area contributed by atoms with Crippen LogP contribution >= 0.6 is 22.7 Å². The lowest BCUT2D eigenvalue weighted by Crippen LogP contribution is -2.37. The van der Waals surface area contributed by atoms with E-state index in [4.69, 9.17) is 4.74 Å². The van der Waals surface area contributed by atoms with Gasteiger partial charge in [0.15, 0.2) is 10.9 Å². The number of thiazole rings is 1. The largest absolute Gasteiger partial charge is 0.375 e. The fourth-order valence-corrected chi connectivity index (χ4v) is 4.83. The number of hydrogen-bond acceptors (Lipinski definition) is 7. The molecule has 0 saturated heterocycles. The number of carbonyl (C=O) groups is 3. The van der Waals surface area contributed by atoms with Crippen molar-refractivity contribution < 1.29 is 19.1 Å². The lowest BCUT2D eigenvalue weighted by molar-refractivity contribution is -0.126. The van der Waals surface area contributed by atoms with Crippen LogP contribution in [0, 0.1) is 5.92 Å². The zero-order valence-electron chi connectivity index (χ0n) is 15.1. The van der Waals surface area contributed by atoms with Crippen LogP contribution in [0.2, 0.25) is 0 Å². The van der Waals surface area contributed by atoms with E-state index in [9.17, 15) is 14.4 Å². The zero-order chi connectivity index (χ0) is 19.4. The molecule has 9 heteroatoms. The van der Waals surface area contributed by atoms with E-state index in [1.165, 1.54) is 7.11 Å². The minimum atomic E-state index is -0.441. The Morgan fingerprint density at radius 2 is 2.22 bits per heavy atom. The van der Waals surface area contributed by atoms with E-state index in [2.05, 4.69) is 15.6 Å². The van der Waals surface area contributed by atoms with Gasteiger partial charge in [0, 0.05) is 24.8 Å². The van der Waals surface area contributed by atoms with Gasteiger partial charge in [-0.1, -0.05) is 24.3 Å². The monoisotopic (exact) mass is 407 g/mol. The molecule has 27 heavy (non-hydrogen) atoms. The third-order valence-corrected chi connectivity index (χ3v) is 6.37. The van der Waals surface area contributed by atoms with E-state index in [1.807, 2.05) is 24.4 Å². The summed E-state index contributed by atoms with van der Waals surface area (Å²) in [4.78, 5) is 42.8. The van der Waals surface area contributed by atoms with Crippen LogP contribution in [0.4, 0.5) is 5.13 Å². The molecule has 0 fully saturated rings. The molecule has 7 nitrogen and oxygen atoms in total. The third-order valence-electron chi connectivity index (χ3n) is 4.33. The molecule has 0 aliphatic heterocycles. The van der Waals surface area contributed by atoms with Crippen molar-refractivity contribution in [2.45, 2.75) is 32.2 Å². The van der Waals surface area contributed by atoms with Crippen molar-refractivity contribution in [3.63, 3.8) is 0 Å². The first-order chi connectivity index (χ1) is 13.0. The van der Waals surface area contributed by atoms with Crippen LogP contribution in [0.1, 0.15) is 46.0 Å². The molecule has 2 aromatic rings. The van der Waals surface area contributed by atoms with Gasteiger partial charge >= 0.3 is 0 Å². The molecule has 2 unspecified atom stereocenters. The lowest BCUT2D eigenvalue weighted by Gasteiger charge is -2.23. The number of methoxy groups -OCH3 is 1. The fourth-order valence-electron chi connectivity index (χ4n) is 3.01. The highest BCUT2D eigenvalue weighted by Gasteiger charge is 2.34. The molecule has 0 aromatic carbocycles. The minimum Gasteiger partial charge on any atom is -0.375 e. The van der Waals surface area contributed by atoms with E-state index < -0.39 is 5.92 Å². The molecule has 2 aromatic heterocycles. The van der Waals surface area contributed by atoms with Crippen molar-refractivity contribution in [1.29, 1.82) is 0 Å². The summed E-state index contributed by atoms with van der Waals surface area (Å²) in [6.45, 7) is 1.94. The molecule has 3 rings (SSSR count). The Kier molecular flexibility index (Phi) is 6.35. The molecule has 0 saturated carbocycles. The van der Waals surface area contributed by atoms with E-state index in [-0.39, 0.29) is 36.7 Å². The quantitative estimate of drug-likeness (QED) is 0.736. The first-order valence-corrected chi connectivity index (χ1v) is 10.4. The van der Waals surface area contributed by atoms with Gasteiger partial charge in [0.05, 0.1) is 22.5 Å². The number of rotatable bonds is 7. The predicted octanol–water partition coefficient (Wildman–Crippen LogP) is 2.80. The van der Waals surface area contributed by atoms with Gasteiger partial charge in [-0.25, -0.2) is 4.98 Å². The third kappa shape index (κ3) is 4.60. The van der Waals surface area contributed by atoms with Gasteiger partial charge in [0.25, 0.3) is 5.91 Å². The molecule has 2 atom stereocenters. The van der Waals surface area contributed by atoms with Crippen molar-refractivity contribution in [2.24, 2.45) is 5.92 Å². The lowest BCUT2D eigenvalue weighted by atomic mass is 9.89. The average molecular weight is 408 g/mol. The number of ether oxygens (including phenoxy) is 1. The molecule has 0 spiro atoms. The Bertz CT molecular complexity index is 832. The Balaban J connectivity index is 1.68. The molecule has 2 N–H and O–H groups in total. The summed E-state index contributed by atoms with van der Waals surface area (Å²) in [6.07, 6.45) is 1.34. The van der Waals surface area contributed by atoms with Crippen molar-refractivity contribution in [1.82, 2.24) is 10.3 Å². The van der Waals surface area contributed by atoms with Crippen LogP contribution in [0.5, 0.6) is 0 Å². The second-order valence-electron chi connectivity index (χ2n) is 6.29. The normalized spacial score (nSPS) is 17.3. The van der Waals surface area contributed by atoms with Crippen LogP contribution in [0.3, 0.4) is 0 Å².